The number of ether oxygens (including phenoxy) is 1. The largest absolute Gasteiger partial charge is 0.448 e. The van der Waals surface area contributed by atoms with Gasteiger partial charge in [0.15, 0.2) is 0 Å². The molecule has 3 aromatic rings. The third kappa shape index (κ3) is 2.11. The molecule has 0 aliphatic carbocycles. The topological polar surface area (TPSA) is 81.1 Å². The highest BCUT2D eigenvalue weighted by atomic mass is 16.6. The summed E-state index contributed by atoms with van der Waals surface area (Å²) in [6, 6.07) is 8.62. The van der Waals surface area contributed by atoms with Gasteiger partial charge in [-0.25, -0.2) is 0 Å². The Kier molecular flexibility index (Phi) is 2.60. The van der Waals surface area contributed by atoms with E-state index in [1.54, 1.807) is 6.07 Å². The second-order valence-electron chi connectivity index (χ2n) is 3.93. The molecule has 2 aromatic heterocycles. The van der Waals surface area contributed by atoms with Gasteiger partial charge in [-0.15, -0.1) is 0 Å². The second kappa shape index (κ2) is 4.41. The third-order valence-electron chi connectivity index (χ3n) is 2.71. The van der Waals surface area contributed by atoms with E-state index in [2.05, 4.69) is 9.97 Å². The molecule has 0 radical (unpaired) electrons. The van der Waals surface area contributed by atoms with Crippen LogP contribution in [0, 0.1) is 10.1 Å². The summed E-state index contributed by atoms with van der Waals surface area (Å²) in [5.41, 5.74) is 0.872. The number of rotatable bonds is 3. The lowest BCUT2D eigenvalue weighted by Crippen LogP contribution is -1.93. The zero-order valence-corrected chi connectivity index (χ0v) is 9.74. The Balaban J connectivity index is 1.98. The SMILES string of the molecule is O=[N+]([O-])c1ccncc1Oc1ccc2[nH]ccc2c1. The number of nitro groups is 1. The van der Waals surface area contributed by atoms with Gasteiger partial charge >= 0.3 is 5.69 Å². The minimum atomic E-state index is -0.494. The van der Waals surface area contributed by atoms with Crippen LogP contribution in [0.2, 0.25) is 0 Å². The first-order chi connectivity index (χ1) is 9.24. The zero-order valence-electron chi connectivity index (χ0n) is 9.74. The van der Waals surface area contributed by atoms with E-state index in [1.807, 2.05) is 24.4 Å². The summed E-state index contributed by atoms with van der Waals surface area (Å²) in [6.07, 6.45) is 4.51. The van der Waals surface area contributed by atoms with Crippen molar-refractivity contribution < 1.29 is 9.66 Å². The van der Waals surface area contributed by atoms with Crippen molar-refractivity contribution in [2.24, 2.45) is 0 Å². The van der Waals surface area contributed by atoms with Crippen LogP contribution in [0.1, 0.15) is 0 Å². The molecule has 0 fully saturated rings. The number of nitrogens with zero attached hydrogens (tertiary/aromatic N) is 2. The van der Waals surface area contributed by atoms with E-state index < -0.39 is 4.92 Å². The smallest absolute Gasteiger partial charge is 0.314 e. The fraction of sp³-hybridized carbons (Fsp3) is 0. The van der Waals surface area contributed by atoms with Gasteiger partial charge in [-0.3, -0.25) is 15.1 Å². The number of pyridine rings is 1. The van der Waals surface area contributed by atoms with Gasteiger partial charge in [0.05, 0.1) is 11.1 Å². The minimum Gasteiger partial charge on any atom is -0.448 e. The van der Waals surface area contributed by atoms with Crippen LogP contribution in [0.5, 0.6) is 11.5 Å². The Bertz CT molecular complexity index is 751. The molecule has 0 unspecified atom stereocenters. The van der Waals surface area contributed by atoms with E-state index in [0.717, 1.165) is 10.9 Å². The van der Waals surface area contributed by atoms with Crippen molar-refractivity contribution in [3.63, 3.8) is 0 Å². The van der Waals surface area contributed by atoms with Crippen molar-refractivity contribution in [3.8, 4) is 11.5 Å². The second-order valence-corrected chi connectivity index (χ2v) is 3.93. The van der Waals surface area contributed by atoms with Crippen molar-refractivity contribution >= 4 is 16.6 Å². The van der Waals surface area contributed by atoms with Crippen LogP contribution in [0.3, 0.4) is 0 Å². The normalized spacial score (nSPS) is 10.5. The highest BCUT2D eigenvalue weighted by Gasteiger charge is 2.15. The van der Waals surface area contributed by atoms with Gasteiger partial charge in [-0.2, -0.15) is 0 Å². The molecule has 3 rings (SSSR count). The maximum Gasteiger partial charge on any atom is 0.314 e. The number of aromatic amines is 1. The fourth-order valence-electron chi connectivity index (χ4n) is 1.82. The molecule has 0 amide bonds. The first kappa shape index (κ1) is 11.2. The lowest BCUT2D eigenvalue weighted by atomic mass is 10.2. The Morgan fingerprint density at radius 3 is 3.00 bits per heavy atom. The van der Waals surface area contributed by atoms with Crippen molar-refractivity contribution in [2.75, 3.05) is 0 Å². The van der Waals surface area contributed by atoms with Crippen LogP contribution in [0.4, 0.5) is 5.69 Å². The average Bonchev–Trinajstić information content (AvgIpc) is 2.86. The van der Waals surface area contributed by atoms with Gasteiger partial charge in [0.2, 0.25) is 5.75 Å². The number of hydrogen-bond acceptors (Lipinski definition) is 4. The molecule has 0 aliphatic rings. The van der Waals surface area contributed by atoms with Gasteiger partial charge in [0.1, 0.15) is 5.75 Å². The molecule has 1 aromatic carbocycles. The number of hydrogen-bond donors (Lipinski definition) is 1. The predicted molar refractivity (Wildman–Crippen MR) is 69.3 cm³/mol. The lowest BCUT2D eigenvalue weighted by Gasteiger charge is -2.05. The molecule has 0 spiro atoms. The van der Waals surface area contributed by atoms with E-state index in [-0.39, 0.29) is 11.4 Å². The lowest BCUT2D eigenvalue weighted by molar-refractivity contribution is -0.385. The van der Waals surface area contributed by atoms with Crippen LogP contribution in [0.15, 0.2) is 48.9 Å². The molecule has 0 aliphatic heterocycles. The summed E-state index contributed by atoms with van der Waals surface area (Å²) >= 11 is 0. The van der Waals surface area contributed by atoms with Crippen LogP contribution in [-0.2, 0) is 0 Å². The van der Waals surface area contributed by atoms with Gasteiger partial charge in [0, 0.05) is 29.4 Å². The zero-order chi connectivity index (χ0) is 13.2. The molecule has 1 N–H and O–H groups in total. The van der Waals surface area contributed by atoms with E-state index in [1.165, 1.54) is 18.5 Å². The Labute approximate surface area is 107 Å². The molecule has 0 bridgehead atoms. The van der Waals surface area contributed by atoms with Crippen LogP contribution in [-0.4, -0.2) is 14.9 Å². The van der Waals surface area contributed by atoms with Crippen LogP contribution in [0.25, 0.3) is 10.9 Å². The first-order valence-electron chi connectivity index (χ1n) is 5.57. The van der Waals surface area contributed by atoms with Crippen LogP contribution < -0.4 is 4.74 Å². The quantitative estimate of drug-likeness (QED) is 0.575. The van der Waals surface area contributed by atoms with Crippen molar-refractivity contribution in [3.05, 3.63) is 59.0 Å². The van der Waals surface area contributed by atoms with Gasteiger partial charge in [0.25, 0.3) is 0 Å². The minimum absolute atomic E-state index is 0.107. The fourth-order valence-corrected chi connectivity index (χ4v) is 1.82. The van der Waals surface area contributed by atoms with Crippen molar-refractivity contribution in [1.82, 2.24) is 9.97 Å². The number of H-pyrrole nitrogens is 1. The summed E-state index contributed by atoms with van der Waals surface area (Å²) in [7, 11) is 0. The highest BCUT2D eigenvalue weighted by molar-refractivity contribution is 5.80. The van der Waals surface area contributed by atoms with E-state index in [9.17, 15) is 10.1 Å². The Morgan fingerprint density at radius 1 is 1.26 bits per heavy atom. The molecule has 6 heteroatoms. The Hall–Kier alpha value is -2.89. The van der Waals surface area contributed by atoms with Gasteiger partial charge in [-0.1, -0.05) is 0 Å². The summed E-state index contributed by atoms with van der Waals surface area (Å²) in [5, 5.41) is 11.9. The molecule has 94 valence electrons. The first-order valence-corrected chi connectivity index (χ1v) is 5.57. The molecular formula is C13H9N3O3. The van der Waals surface area contributed by atoms with E-state index >= 15 is 0 Å². The number of fused-ring (bicyclic) bond motifs is 1. The maximum atomic E-state index is 10.9. The molecular weight excluding hydrogens is 246 g/mol. The van der Waals surface area contributed by atoms with Crippen molar-refractivity contribution in [1.29, 1.82) is 0 Å². The molecule has 19 heavy (non-hydrogen) atoms. The van der Waals surface area contributed by atoms with E-state index in [0.29, 0.717) is 5.75 Å². The van der Waals surface area contributed by atoms with Gasteiger partial charge in [-0.05, 0) is 24.3 Å². The standard InChI is InChI=1S/C13H9N3O3/c17-16(18)12-4-5-14-8-13(12)19-10-1-2-11-9(7-10)3-6-15-11/h1-8,15H. The molecule has 6 nitrogen and oxygen atoms in total. The average molecular weight is 255 g/mol. The number of nitrogens with one attached hydrogen (secondary N) is 1. The molecule has 2 heterocycles. The van der Waals surface area contributed by atoms with Crippen molar-refractivity contribution in [2.45, 2.75) is 0 Å². The third-order valence-corrected chi connectivity index (χ3v) is 2.71. The summed E-state index contributed by atoms with van der Waals surface area (Å²) in [5.74, 6) is 0.658. The number of benzene rings is 1. The van der Waals surface area contributed by atoms with Crippen LogP contribution >= 0.6 is 0 Å². The highest BCUT2D eigenvalue weighted by Crippen LogP contribution is 2.31. The molecule has 0 saturated carbocycles. The summed E-state index contributed by atoms with van der Waals surface area (Å²) in [4.78, 5) is 17.3. The molecule has 0 atom stereocenters. The summed E-state index contributed by atoms with van der Waals surface area (Å²) < 4.78 is 5.53. The summed E-state index contributed by atoms with van der Waals surface area (Å²) in [6.45, 7) is 0. The molecule has 0 saturated heterocycles. The van der Waals surface area contributed by atoms with Gasteiger partial charge < -0.3 is 9.72 Å². The predicted octanol–water partition coefficient (Wildman–Crippen LogP) is 3.26. The van der Waals surface area contributed by atoms with E-state index in [4.69, 9.17) is 4.74 Å². The maximum absolute atomic E-state index is 10.9. The number of aromatic nitrogens is 2. The monoisotopic (exact) mass is 255 g/mol. The Morgan fingerprint density at radius 2 is 2.16 bits per heavy atom.